The lowest BCUT2D eigenvalue weighted by Gasteiger charge is -2.23. The molecule has 0 aliphatic heterocycles. The standard InChI is InChI=1S/C19H22Cl2NO3P/c1-4-17(26(2)3)25-16-10-15(13(20)9-14(16)21)22-18(23)11-7-5-6-8-12(11)19(22)24/h5,7,9-10,17,23-24H,4,6,8H2,1-3H3. The van der Waals surface area contributed by atoms with Gasteiger partial charge >= 0.3 is 0 Å². The molecule has 1 aromatic heterocycles. The summed E-state index contributed by atoms with van der Waals surface area (Å²) < 4.78 is 7.46. The minimum Gasteiger partial charge on any atom is -0.494 e. The van der Waals surface area contributed by atoms with Crippen LogP contribution in [0.1, 0.15) is 30.9 Å². The predicted molar refractivity (Wildman–Crippen MR) is 110 cm³/mol. The number of aromatic nitrogens is 1. The SMILES string of the molecule is CCC(Oc1cc(-n2c(O)c3c(c2O)CCC=C3)c(Cl)cc1Cl)P(C)C. The average Bonchev–Trinajstić information content (AvgIpc) is 2.86. The fourth-order valence-electron chi connectivity index (χ4n) is 3.17. The van der Waals surface area contributed by atoms with Crippen LogP contribution in [0.4, 0.5) is 0 Å². The normalized spacial score (nSPS) is 14.5. The second-order valence-electron chi connectivity index (χ2n) is 6.49. The van der Waals surface area contributed by atoms with Gasteiger partial charge in [0.2, 0.25) is 11.8 Å². The second-order valence-corrected chi connectivity index (χ2v) is 9.81. The van der Waals surface area contributed by atoms with E-state index in [4.69, 9.17) is 27.9 Å². The number of benzene rings is 1. The Balaban J connectivity index is 2.11. The largest absolute Gasteiger partial charge is 0.494 e. The molecule has 26 heavy (non-hydrogen) atoms. The summed E-state index contributed by atoms with van der Waals surface area (Å²) in [5.74, 6) is 0.524. The van der Waals surface area contributed by atoms with Crippen LogP contribution in [0.5, 0.6) is 17.5 Å². The van der Waals surface area contributed by atoms with E-state index in [9.17, 15) is 10.2 Å². The van der Waals surface area contributed by atoms with Crippen LogP contribution >= 0.6 is 31.1 Å². The van der Waals surface area contributed by atoms with Crippen molar-refractivity contribution < 1.29 is 14.9 Å². The summed E-state index contributed by atoms with van der Waals surface area (Å²) in [5, 5.41) is 22.0. The molecule has 2 aromatic rings. The third kappa shape index (κ3) is 3.43. The van der Waals surface area contributed by atoms with Crippen molar-refractivity contribution in [3.05, 3.63) is 39.4 Å². The summed E-state index contributed by atoms with van der Waals surface area (Å²) in [6.45, 7) is 6.37. The molecule has 1 unspecified atom stereocenters. The third-order valence-corrected chi connectivity index (χ3v) is 6.76. The fourth-order valence-corrected chi connectivity index (χ4v) is 4.74. The third-order valence-electron chi connectivity index (χ3n) is 4.54. The van der Waals surface area contributed by atoms with E-state index >= 15 is 0 Å². The molecule has 1 heterocycles. The van der Waals surface area contributed by atoms with Gasteiger partial charge in [0.15, 0.2) is 0 Å². The van der Waals surface area contributed by atoms with Crippen LogP contribution in [-0.4, -0.2) is 34.0 Å². The lowest BCUT2D eigenvalue weighted by Crippen LogP contribution is -2.13. The number of ether oxygens (including phenoxy) is 1. The maximum Gasteiger partial charge on any atom is 0.206 e. The van der Waals surface area contributed by atoms with Crippen LogP contribution in [0.25, 0.3) is 11.8 Å². The van der Waals surface area contributed by atoms with E-state index in [0.29, 0.717) is 33.5 Å². The number of aromatic hydroxyl groups is 2. The van der Waals surface area contributed by atoms with E-state index in [0.717, 1.165) is 18.4 Å². The number of hydrogen-bond acceptors (Lipinski definition) is 3. The molecule has 1 atom stereocenters. The van der Waals surface area contributed by atoms with Gasteiger partial charge in [0.25, 0.3) is 0 Å². The van der Waals surface area contributed by atoms with Gasteiger partial charge in [0.05, 0.1) is 15.7 Å². The summed E-state index contributed by atoms with van der Waals surface area (Å²) in [4.78, 5) is 0. The maximum absolute atomic E-state index is 10.6. The molecule has 0 fully saturated rings. The number of hydrogen-bond donors (Lipinski definition) is 2. The summed E-state index contributed by atoms with van der Waals surface area (Å²) >= 11 is 12.7. The van der Waals surface area contributed by atoms with Gasteiger partial charge in [-0.15, -0.1) is 0 Å². The zero-order valence-electron chi connectivity index (χ0n) is 15.0. The Hall–Kier alpha value is -1.35. The molecular formula is C19H22Cl2NO3P. The molecular weight excluding hydrogens is 392 g/mol. The molecule has 140 valence electrons. The highest BCUT2D eigenvalue weighted by Crippen LogP contribution is 2.45. The van der Waals surface area contributed by atoms with Crippen molar-refractivity contribution >= 4 is 37.2 Å². The minimum absolute atomic E-state index is 0.00250. The molecule has 0 saturated carbocycles. The summed E-state index contributed by atoms with van der Waals surface area (Å²) in [7, 11) is -0.311. The molecule has 1 aromatic carbocycles. The molecule has 7 heteroatoms. The average molecular weight is 414 g/mol. The Morgan fingerprint density at radius 1 is 1.19 bits per heavy atom. The Bertz CT molecular complexity index is 861. The molecule has 0 saturated heterocycles. The molecule has 1 aliphatic rings. The molecule has 1 aliphatic carbocycles. The maximum atomic E-state index is 10.6. The summed E-state index contributed by atoms with van der Waals surface area (Å²) in [6, 6.07) is 3.27. The predicted octanol–water partition coefficient (Wildman–Crippen LogP) is 6.01. The second kappa shape index (κ2) is 7.72. The first-order valence-corrected chi connectivity index (χ1v) is 11.6. The van der Waals surface area contributed by atoms with Crippen molar-refractivity contribution in [1.82, 2.24) is 4.57 Å². The number of nitrogens with zero attached hydrogens (tertiary/aromatic N) is 1. The molecule has 0 amide bonds. The van der Waals surface area contributed by atoms with E-state index in [1.54, 1.807) is 12.1 Å². The van der Waals surface area contributed by atoms with E-state index in [-0.39, 0.29) is 25.5 Å². The lowest BCUT2D eigenvalue weighted by molar-refractivity contribution is 0.279. The van der Waals surface area contributed by atoms with Crippen molar-refractivity contribution in [2.75, 3.05) is 13.3 Å². The van der Waals surface area contributed by atoms with Crippen molar-refractivity contribution in [2.24, 2.45) is 0 Å². The van der Waals surface area contributed by atoms with Crippen LogP contribution in [0.2, 0.25) is 10.0 Å². The highest BCUT2D eigenvalue weighted by atomic mass is 35.5. The number of halogens is 2. The Morgan fingerprint density at radius 2 is 1.92 bits per heavy atom. The zero-order chi connectivity index (χ0) is 19.0. The molecule has 0 bridgehead atoms. The van der Waals surface area contributed by atoms with E-state index in [2.05, 4.69) is 20.3 Å². The number of allylic oxidation sites excluding steroid dienone is 1. The smallest absolute Gasteiger partial charge is 0.206 e. The Morgan fingerprint density at radius 3 is 2.54 bits per heavy atom. The monoisotopic (exact) mass is 413 g/mol. The molecule has 0 spiro atoms. The van der Waals surface area contributed by atoms with Gasteiger partial charge in [-0.25, -0.2) is 4.57 Å². The van der Waals surface area contributed by atoms with Crippen LogP contribution in [0.15, 0.2) is 18.2 Å². The van der Waals surface area contributed by atoms with E-state index in [1.165, 1.54) is 4.57 Å². The number of rotatable bonds is 5. The Kier molecular flexibility index (Phi) is 5.76. The zero-order valence-corrected chi connectivity index (χ0v) is 17.4. The topological polar surface area (TPSA) is 54.6 Å². The molecule has 0 radical (unpaired) electrons. The Labute approximate surface area is 164 Å². The van der Waals surface area contributed by atoms with Gasteiger partial charge in [-0.2, -0.15) is 0 Å². The summed E-state index contributed by atoms with van der Waals surface area (Å²) in [5.41, 5.74) is 1.78. The van der Waals surface area contributed by atoms with Crippen molar-refractivity contribution in [1.29, 1.82) is 0 Å². The molecule has 4 nitrogen and oxygen atoms in total. The van der Waals surface area contributed by atoms with Crippen molar-refractivity contribution in [3.8, 4) is 23.2 Å². The highest BCUT2D eigenvalue weighted by Gasteiger charge is 2.25. The summed E-state index contributed by atoms with van der Waals surface area (Å²) in [6.07, 6.45) is 6.15. The first kappa shape index (κ1) is 19.4. The quantitative estimate of drug-likeness (QED) is 0.589. The van der Waals surface area contributed by atoms with Gasteiger partial charge < -0.3 is 14.9 Å². The van der Waals surface area contributed by atoms with Gasteiger partial charge in [-0.1, -0.05) is 50.2 Å². The van der Waals surface area contributed by atoms with Crippen LogP contribution < -0.4 is 4.74 Å². The fraction of sp³-hybridized carbons (Fsp3) is 0.368. The van der Waals surface area contributed by atoms with Gasteiger partial charge in [0, 0.05) is 17.2 Å². The van der Waals surface area contributed by atoms with Gasteiger partial charge in [-0.3, -0.25) is 0 Å². The van der Waals surface area contributed by atoms with Gasteiger partial charge in [-0.05, 0) is 38.7 Å². The molecule has 2 N–H and O–H groups in total. The number of fused-ring (bicyclic) bond motifs is 1. The molecule has 3 rings (SSSR count). The minimum atomic E-state index is -0.311. The highest BCUT2D eigenvalue weighted by molar-refractivity contribution is 7.56. The van der Waals surface area contributed by atoms with Gasteiger partial charge in [0.1, 0.15) is 11.6 Å². The van der Waals surface area contributed by atoms with Crippen molar-refractivity contribution in [3.63, 3.8) is 0 Å². The van der Waals surface area contributed by atoms with E-state index < -0.39 is 0 Å². The van der Waals surface area contributed by atoms with Crippen LogP contribution in [0.3, 0.4) is 0 Å². The van der Waals surface area contributed by atoms with Crippen LogP contribution in [-0.2, 0) is 6.42 Å². The van der Waals surface area contributed by atoms with Crippen molar-refractivity contribution in [2.45, 2.75) is 32.0 Å². The van der Waals surface area contributed by atoms with Crippen LogP contribution in [0, 0.1) is 0 Å². The first-order chi connectivity index (χ1) is 12.3. The first-order valence-electron chi connectivity index (χ1n) is 8.49. The lowest BCUT2D eigenvalue weighted by atomic mass is 10.0. The van der Waals surface area contributed by atoms with E-state index in [1.807, 2.05) is 12.2 Å².